The quantitative estimate of drug-likeness (QED) is 0.252. The molecule has 43 heavy (non-hydrogen) atoms. The molecule has 0 radical (unpaired) electrons. The number of nitrogens with one attached hydrogen (secondary N) is 2. The molecular formula is C30H47BF3N7O2. The van der Waals surface area contributed by atoms with Gasteiger partial charge in [-0.15, -0.1) is 0 Å². The summed E-state index contributed by atoms with van der Waals surface area (Å²) in [5, 5.41) is 15.9. The zero-order valence-electron chi connectivity index (χ0n) is 28.0. The van der Waals surface area contributed by atoms with Crippen LogP contribution in [0, 0.1) is 5.92 Å². The highest BCUT2D eigenvalue weighted by Crippen LogP contribution is 2.27. The molecule has 0 atom stereocenters. The number of likely N-dealkylation sites (tertiary alicyclic amines) is 2. The Kier molecular flexibility index (Phi) is 9.99. The molecule has 3 N–H and O–H groups in total. The van der Waals surface area contributed by atoms with Gasteiger partial charge in [-0.2, -0.15) is 13.2 Å². The van der Waals surface area contributed by atoms with Gasteiger partial charge in [0.25, 0.3) is 0 Å². The number of fused-ring (bicyclic) bond motifs is 1. The first-order valence-corrected chi connectivity index (χ1v) is 14.8. The van der Waals surface area contributed by atoms with Crippen LogP contribution in [0.15, 0.2) is 42.6 Å². The molecule has 2 saturated heterocycles. The number of hydrogen-bond donors (Lipinski definition) is 3. The maximum atomic E-state index is 13.3. The van der Waals surface area contributed by atoms with Crippen LogP contribution in [0.25, 0.3) is 11.0 Å². The summed E-state index contributed by atoms with van der Waals surface area (Å²) in [5.74, 6) is 1.48. The second-order valence-corrected chi connectivity index (χ2v) is 11.5. The molecule has 0 unspecified atom stereocenters. The first kappa shape index (κ1) is 29.7. The lowest BCUT2D eigenvalue weighted by atomic mass is 9.89. The minimum Gasteiger partial charge on any atom is -0.433 e. The third kappa shape index (κ3) is 8.85. The molecule has 2 aliphatic heterocycles. The van der Waals surface area contributed by atoms with E-state index in [0.717, 1.165) is 61.9 Å². The molecule has 5 rings (SSSR count). The molecule has 0 saturated carbocycles. The van der Waals surface area contributed by atoms with Gasteiger partial charge in [0.2, 0.25) is 11.9 Å². The fourth-order valence-electron chi connectivity index (χ4n) is 6.00. The van der Waals surface area contributed by atoms with Gasteiger partial charge in [-0.25, -0.2) is 9.97 Å². The first-order valence-electron chi connectivity index (χ1n) is 16.8. The van der Waals surface area contributed by atoms with Gasteiger partial charge >= 0.3 is 13.2 Å². The maximum absolute atomic E-state index is 13.3. The number of rotatable bonds is 10. The van der Waals surface area contributed by atoms with Crippen LogP contribution in [0.2, 0.25) is 6.82 Å². The molecule has 238 valence electrons. The smallest absolute Gasteiger partial charge is 0.408 e. The second-order valence-electron chi connectivity index (χ2n) is 11.5. The number of piperidine rings is 2. The molecule has 2 aliphatic rings. The van der Waals surface area contributed by atoms with Crippen LogP contribution in [-0.2, 0) is 17.9 Å². The zero-order chi connectivity index (χ0) is 33.7. The normalized spacial score (nSPS) is 17.5. The number of anilines is 2. The van der Waals surface area contributed by atoms with Gasteiger partial charge in [-0.05, 0) is 81.8 Å². The average molecular weight is 610 g/mol. The Hall–Kier alpha value is -3.32. The lowest BCUT2D eigenvalue weighted by Crippen LogP contribution is -2.47. The summed E-state index contributed by atoms with van der Waals surface area (Å²) in [6, 6.07) is 11.5. The van der Waals surface area contributed by atoms with Crippen molar-refractivity contribution in [2.75, 3.05) is 36.7 Å². The molecule has 1 amide bonds. The van der Waals surface area contributed by atoms with Crippen molar-refractivity contribution in [3.05, 3.63) is 48.2 Å². The van der Waals surface area contributed by atoms with Gasteiger partial charge in [0.1, 0.15) is 5.82 Å². The predicted molar refractivity (Wildman–Crippen MR) is 169 cm³/mol. The van der Waals surface area contributed by atoms with Crippen molar-refractivity contribution in [1.29, 1.82) is 0 Å². The summed E-state index contributed by atoms with van der Waals surface area (Å²) in [6.07, 6.45) is -0.105. The number of imidazole rings is 1. The van der Waals surface area contributed by atoms with Crippen LogP contribution < -0.4 is 10.5 Å². The third-order valence-corrected chi connectivity index (χ3v) is 8.16. The topological polar surface area (TPSA) is 98.5 Å². The third-order valence-electron chi connectivity index (χ3n) is 8.16. The fraction of sp³-hybridized carbons (Fsp3) is 0.567. The van der Waals surface area contributed by atoms with Gasteiger partial charge < -0.3 is 25.0 Å². The summed E-state index contributed by atoms with van der Waals surface area (Å²) in [7, 11) is -0.671. The van der Waals surface area contributed by atoms with E-state index < -0.39 is 19.6 Å². The molecule has 0 aliphatic carbocycles. The lowest BCUT2D eigenvalue weighted by Gasteiger charge is -2.37. The van der Waals surface area contributed by atoms with Crippen molar-refractivity contribution >= 4 is 35.8 Å². The highest BCUT2D eigenvalue weighted by molar-refractivity contribution is 6.52. The predicted octanol–water partition coefficient (Wildman–Crippen LogP) is 5.74. The number of aryl methyl sites for hydroxylation is 1. The summed E-state index contributed by atoms with van der Waals surface area (Å²) in [6.45, 7) is 5.66. The van der Waals surface area contributed by atoms with Crippen molar-refractivity contribution in [2.45, 2.75) is 78.1 Å². The Bertz CT molecular complexity index is 1360. The van der Waals surface area contributed by atoms with Gasteiger partial charge in [-0.3, -0.25) is 9.69 Å². The van der Waals surface area contributed by atoms with E-state index >= 15 is 0 Å². The molecule has 1 aromatic carbocycles. The molecule has 2 aromatic heterocycles. The summed E-state index contributed by atoms with van der Waals surface area (Å²) < 4.78 is 60.2. The van der Waals surface area contributed by atoms with Crippen LogP contribution in [0.5, 0.6) is 0 Å². The second kappa shape index (κ2) is 14.4. The molecule has 3 aromatic rings. The Morgan fingerprint density at radius 2 is 1.86 bits per heavy atom. The van der Waals surface area contributed by atoms with Crippen molar-refractivity contribution in [3.63, 3.8) is 0 Å². The number of aromatic nitrogens is 3. The number of hydrogen-bond acceptors (Lipinski definition) is 7. The van der Waals surface area contributed by atoms with Gasteiger partial charge in [-0.1, -0.05) is 19.6 Å². The summed E-state index contributed by atoms with van der Waals surface area (Å²) in [4.78, 5) is 26.6. The van der Waals surface area contributed by atoms with Gasteiger partial charge in [0.15, 0.2) is 0 Å². The van der Waals surface area contributed by atoms with E-state index in [9.17, 15) is 23.0 Å². The maximum Gasteiger partial charge on any atom is 0.408 e. The van der Waals surface area contributed by atoms with E-state index in [1.165, 1.54) is 0 Å². The van der Waals surface area contributed by atoms with Crippen molar-refractivity contribution in [1.82, 2.24) is 24.3 Å². The zero-order valence-corrected chi connectivity index (χ0v) is 24.0. The number of halogens is 3. The number of nitrogens with zero attached hydrogens (tertiary/aromatic N) is 5. The SMILES string of the molecule is C.CB(O)Nc1cc(CN2CCC(C(=O)N3CCC(Nc4nc5ccccc5n4CCCC(F)(F)F)CC3)CC2)ccn1.[2H][2H].[2H][2H]. The highest BCUT2D eigenvalue weighted by atomic mass is 19.4. The number of carbonyl (C=O) groups is 1. The Morgan fingerprint density at radius 3 is 2.56 bits per heavy atom. The average Bonchev–Trinajstić information content (AvgIpc) is 3.39. The molecule has 0 spiro atoms. The number of carbonyl (C=O) groups excluding carboxylic acids is 1. The molecule has 4 heterocycles. The first-order chi connectivity index (χ1) is 22.1. The van der Waals surface area contributed by atoms with Crippen LogP contribution in [-0.4, -0.2) is 80.7 Å². The summed E-state index contributed by atoms with van der Waals surface area (Å²) >= 11 is 0. The van der Waals surface area contributed by atoms with E-state index in [0.29, 0.717) is 24.9 Å². The molecule has 13 heteroatoms. The molecular weight excluding hydrogens is 558 g/mol. The van der Waals surface area contributed by atoms with E-state index in [1.54, 1.807) is 13.0 Å². The minimum absolute atomic E-state index is 0. The van der Waals surface area contributed by atoms with Crippen LogP contribution in [0.1, 0.15) is 57.5 Å². The van der Waals surface area contributed by atoms with Crippen LogP contribution >= 0.6 is 0 Å². The van der Waals surface area contributed by atoms with Crippen molar-refractivity contribution in [3.8, 4) is 0 Å². The Balaban J connectivity index is 0.00000148. The van der Waals surface area contributed by atoms with Crippen molar-refractivity contribution < 1.29 is 28.9 Å². The highest BCUT2D eigenvalue weighted by Gasteiger charge is 2.32. The van der Waals surface area contributed by atoms with Crippen LogP contribution in [0.4, 0.5) is 24.9 Å². The van der Waals surface area contributed by atoms with E-state index in [-0.39, 0.29) is 38.3 Å². The number of amides is 1. The van der Waals surface area contributed by atoms with E-state index in [4.69, 9.17) is 5.94 Å². The van der Waals surface area contributed by atoms with Gasteiger partial charge in [0.05, 0.1) is 11.0 Å². The largest absolute Gasteiger partial charge is 0.433 e. The van der Waals surface area contributed by atoms with Crippen LogP contribution in [0.3, 0.4) is 0 Å². The fourth-order valence-corrected chi connectivity index (χ4v) is 6.00. The number of benzene rings is 1. The minimum atomic E-state index is -4.18. The Labute approximate surface area is 258 Å². The van der Waals surface area contributed by atoms with Gasteiger partial charge in [0, 0.05) is 56.7 Å². The van der Waals surface area contributed by atoms with E-state index in [2.05, 4.69) is 25.4 Å². The van der Waals surface area contributed by atoms with E-state index in [1.807, 2.05) is 45.9 Å². The number of pyridine rings is 1. The summed E-state index contributed by atoms with van der Waals surface area (Å²) in [5.41, 5.74) is 2.69. The van der Waals surface area contributed by atoms with Crippen molar-refractivity contribution in [2.24, 2.45) is 5.92 Å². The lowest BCUT2D eigenvalue weighted by molar-refractivity contribution is -0.138. The number of alkyl halides is 3. The molecule has 9 nitrogen and oxygen atoms in total. The standard InChI is InChI=1S/C29H39BF3N7O2.CH4.2H2/c1-30(42)37-26-19-21(7-13-34-26)20-38-15-8-22(9-16-38)27(41)39-17-10-23(11-18-39)35-28-36-24-5-2-3-6-25(24)40(28)14-4-12-29(31,32)33;;;/h2-3,5-7,13,19,22-23,42H,4,8-12,14-18,20H2,1H3,(H,34,37)(H,35,36);1H4;2*1H/i;;2*1+1D. The number of para-hydroxylation sites is 2. The monoisotopic (exact) mass is 609 g/mol. The Morgan fingerprint density at radius 1 is 1.14 bits per heavy atom. The molecule has 0 bridgehead atoms. The molecule has 2 fully saturated rings.